The number of carbonyl (C=O) groups excluding carboxylic acids is 1. The molecule has 0 aromatic heterocycles. The second kappa shape index (κ2) is 16.3. The lowest BCUT2D eigenvalue weighted by atomic mass is 9.78. The molecule has 0 atom stereocenters. The number of hydrogen-bond acceptors (Lipinski definition) is 3. The topological polar surface area (TPSA) is 35.5 Å². The van der Waals surface area contributed by atoms with E-state index in [0.29, 0.717) is 5.75 Å². The van der Waals surface area contributed by atoms with Crippen molar-refractivity contribution in [3.05, 3.63) is 24.3 Å². The van der Waals surface area contributed by atoms with Crippen LogP contribution in [0, 0.1) is 23.7 Å². The Bertz CT molecular complexity index is 681. The minimum atomic E-state index is -0.0502. The van der Waals surface area contributed by atoms with E-state index in [9.17, 15) is 4.79 Å². The van der Waals surface area contributed by atoms with Crippen LogP contribution in [0.1, 0.15) is 129 Å². The standard InChI is InChI=1S/C32H52O3/c1-3-5-7-10-26-13-15-28(16-14-26)12-9-25-34-30-21-23-31(24-22-30)35-32(33)29-19-17-27(18-20-29)11-8-6-4-2/h21-24,26-29H,3-20,25H2,1-2H3/t26-,27-,28-,29-. The smallest absolute Gasteiger partial charge is 0.314 e. The van der Waals surface area contributed by atoms with Crippen LogP contribution in [0.5, 0.6) is 11.5 Å². The molecule has 198 valence electrons. The molecule has 2 aliphatic rings. The molecule has 3 rings (SSSR count). The van der Waals surface area contributed by atoms with Gasteiger partial charge in [0.25, 0.3) is 0 Å². The molecule has 0 bridgehead atoms. The van der Waals surface area contributed by atoms with E-state index < -0.39 is 0 Å². The Labute approximate surface area is 215 Å². The van der Waals surface area contributed by atoms with E-state index in [-0.39, 0.29) is 11.9 Å². The number of hydrogen-bond donors (Lipinski definition) is 0. The lowest BCUT2D eigenvalue weighted by molar-refractivity contribution is -0.140. The van der Waals surface area contributed by atoms with Gasteiger partial charge in [0, 0.05) is 0 Å². The normalized spacial score (nSPS) is 24.7. The number of rotatable bonds is 15. The molecule has 0 aliphatic heterocycles. The van der Waals surface area contributed by atoms with E-state index in [2.05, 4.69) is 13.8 Å². The third-order valence-corrected chi connectivity index (χ3v) is 8.65. The lowest BCUT2D eigenvalue weighted by Gasteiger charge is -2.28. The van der Waals surface area contributed by atoms with E-state index >= 15 is 0 Å². The van der Waals surface area contributed by atoms with Crippen LogP contribution in [0.3, 0.4) is 0 Å². The first-order valence-electron chi connectivity index (χ1n) is 15.1. The van der Waals surface area contributed by atoms with Crippen LogP contribution in [0.4, 0.5) is 0 Å². The molecule has 1 aromatic rings. The van der Waals surface area contributed by atoms with E-state index in [4.69, 9.17) is 9.47 Å². The van der Waals surface area contributed by atoms with E-state index in [0.717, 1.165) is 49.4 Å². The number of benzene rings is 1. The van der Waals surface area contributed by atoms with Crippen LogP contribution < -0.4 is 9.47 Å². The van der Waals surface area contributed by atoms with Crippen LogP contribution in [-0.2, 0) is 4.79 Å². The zero-order valence-corrected chi connectivity index (χ0v) is 22.8. The number of esters is 1. The summed E-state index contributed by atoms with van der Waals surface area (Å²) in [5.41, 5.74) is 0. The predicted octanol–water partition coefficient (Wildman–Crippen LogP) is 9.52. The van der Waals surface area contributed by atoms with E-state index in [1.54, 1.807) is 0 Å². The second-order valence-electron chi connectivity index (χ2n) is 11.5. The predicted molar refractivity (Wildman–Crippen MR) is 146 cm³/mol. The summed E-state index contributed by atoms with van der Waals surface area (Å²) < 4.78 is 11.7. The van der Waals surface area contributed by atoms with Gasteiger partial charge in [0.05, 0.1) is 12.5 Å². The Morgan fingerprint density at radius 3 is 1.63 bits per heavy atom. The van der Waals surface area contributed by atoms with Crippen LogP contribution in [0.2, 0.25) is 0 Å². The summed E-state index contributed by atoms with van der Waals surface area (Å²) in [5, 5.41) is 0. The average molecular weight is 485 g/mol. The molecule has 0 saturated heterocycles. The quantitative estimate of drug-likeness (QED) is 0.141. The Kier molecular flexibility index (Phi) is 13.1. The summed E-state index contributed by atoms with van der Waals surface area (Å²) >= 11 is 0. The maximum atomic E-state index is 12.6. The van der Waals surface area contributed by atoms with E-state index in [1.165, 1.54) is 96.3 Å². The van der Waals surface area contributed by atoms with Crippen molar-refractivity contribution in [1.82, 2.24) is 0 Å². The first kappa shape index (κ1) is 28.1. The SMILES string of the molecule is CCCCC[C@H]1CC[C@H](CCCOc2ccc(OC(=O)[C@H]3CC[C@H](CCCCC)CC3)cc2)CC1. The summed E-state index contributed by atoms with van der Waals surface area (Å²) in [5.74, 6) is 4.24. The highest BCUT2D eigenvalue weighted by molar-refractivity contribution is 5.75. The molecule has 0 amide bonds. The largest absolute Gasteiger partial charge is 0.494 e. The van der Waals surface area contributed by atoms with Crippen molar-refractivity contribution in [3.63, 3.8) is 0 Å². The molecular weight excluding hydrogens is 432 g/mol. The zero-order valence-electron chi connectivity index (χ0n) is 22.8. The maximum absolute atomic E-state index is 12.6. The summed E-state index contributed by atoms with van der Waals surface area (Å²) in [6, 6.07) is 7.64. The van der Waals surface area contributed by atoms with Gasteiger partial charge >= 0.3 is 5.97 Å². The summed E-state index contributed by atoms with van der Waals surface area (Å²) in [6.45, 7) is 5.33. The highest BCUT2D eigenvalue weighted by Crippen LogP contribution is 2.35. The van der Waals surface area contributed by atoms with Gasteiger partial charge in [0.15, 0.2) is 0 Å². The summed E-state index contributed by atoms with van der Waals surface area (Å²) in [7, 11) is 0. The summed E-state index contributed by atoms with van der Waals surface area (Å²) in [6.07, 6.45) is 23.4. The summed E-state index contributed by atoms with van der Waals surface area (Å²) in [4.78, 5) is 12.6. The van der Waals surface area contributed by atoms with Gasteiger partial charge in [0.2, 0.25) is 0 Å². The Hall–Kier alpha value is -1.51. The van der Waals surface area contributed by atoms with E-state index in [1.807, 2.05) is 24.3 Å². The Balaban J connectivity index is 1.26. The number of ether oxygens (including phenoxy) is 2. The van der Waals surface area contributed by atoms with Gasteiger partial charge in [-0.3, -0.25) is 4.79 Å². The van der Waals surface area contributed by atoms with Gasteiger partial charge in [-0.2, -0.15) is 0 Å². The van der Waals surface area contributed by atoms with Gasteiger partial charge in [-0.05, 0) is 80.5 Å². The number of unbranched alkanes of at least 4 members (excludes halogenated alkanes) is 4. The monoisotopic (exact) mass is 484 g/mol. The highest BCUT2D eigenvalue weighted by Gasteiger charge is 2.27. The maximum Gasteiger partial charge on any atom is 0.314 e. The molecule has 0 radical (unpaired) electrons. The van der Waals surface area contributed by atoms with Gasteiger partial charge < -0.3 is 9.47 Å². The zero-order chi connectivity index (χ0) is 24.7. The number of carbonyl (C=O) groups is 1. The van der Waals surface area contributed by atoms with Crippen LogP contribution >= 0.6 is 0 Å². The first-order chi connectivity index (χ1) is 17.2. The third-order valence-electron chi connectivity index (χ3n) is 8.65. The fourth-order valence-electron chi connectivity index (χ4n) is 6.23. The molecule has 35 heavy (non-hydrogen) atoms. The molecule has 0 heterocycles. The molecule has 0 spiro atoms. The van der Waals surface area contributed by atoms with Crippen LogP contribution in [-0.4, -0.2) is 12.6 Å². The fraction of sp³-hybridized carbons (Fsp3) is 0.781. The van der Waals surface area contributed by atoms with Gasteiger partial charge in [-0.15, -0.1) is 0 Å². The molecule has 2 saturated carbocycles. The van der Waals surface area contributed by atoms with Gasteiger partial charge in [-0.25, -0.2) is 0 Å². The van der Waals surface area contributed by atoms with Crippen LogP contribution in [0.15, 0.2) is 24.3 Å². The molecule has 3 heteroatoms. The molecule has 2 aliphatic carbocycles. The molecule has 1 aromatic carbocycles. The van der Waals surface area contributed by atoms with Crippen molar-refractivity contribution >= 4 is 5.97 Å². The second-order valence-corrected chi connectivity index (χ2v) is 11.5. The van der Waals surface area contributed by atoms with Gasteiger partial charge in [-0.1, -0.05) is 90.9 Å². The minimum Gasteiger partial charge on any atom is -0.494 e. The fourth-order valence-corrected chi connectivity index (χ4v) is 6.23. The highest BCUT2D eigenvalue weighted by atomic mass is 16.5. The molecule has 2 fully saturated rings. The average Bonchev–Trinajstić information content (AvgIpc) is 2.89. The molecule has 0 N–H and O–H groups in total. The van der Waals surface area contributed by atoms with Crippen molar-refractivity contribution in [1.29, 1.82) is 0 Å². The van der Waals surface area contributed by atoms with Crippen molar-refractivity contribution in [3.8, 4) is 11.5 Å². The third kappa shape index (κ3) is 10.6. The Morgan fingerprint density at radius 2 is 1.11 bits per heavy atom. The molecule has 0 unspecified atom stereocenters. The van der Waals surface area contributed by atoms with Crippen molar-refractivity contribution in [2.45, 2.75) is 129 Å². The molecule has 3 nitrogen and oxygen atoms in total. The Morgan fingerprint density at radius 1 is 0.657 bits per heavy atom. The van der Waals surface area contributed by atoms with Crippen molar-refractivity contribution in [2.75, 3.05) is 6.61 Å². The van der Waals surface area contributed by atoms with Crippen LogP contribution in [0.25, 0.3) is 0 Å². The van der Waals surface area contributed by atoms with Crippen molar-refractivity contribution < 1.29 is 14.3 Å². The minimum absolute atomic E-state index is 0.0502. The molecular formula is C32H52O3. The lowest BCUT2D eigenvalue weighted by Crippen LogP contribution is -2.25. The van der Waals surface area contributed by atoms with Gasteiger partial charge in [0.1, 0.15) is 11.5 Å². The van der Waals surface area contributed by atoms with Crippen molar-refractivity contribution in [2.24, 2.45) is 23.7 Å². The first-order valence-corrected chi connectivity index (χ1v) is 15.1.